The quantitative estimate of drug-likeness (QED) is 0.854. The molecule has 1 N–H and O–H groups in total. The topological polar surface area (TPSA) is 29.1 Å². The zero-order valence-electron chi connectivity index (χ0n) is 9.12. The second kappa shape index (κ2) is 5.82. The van der Waals surface area contributed by atoms with Crippen LogP contribution in [0.25, 0.3) is 0 Å². The predicted molar refractivity (Wildman–Crippen MR) is 71.1 cm³/mol. The molecule has 1 aliphatic carbocycles. The SMILES string of the molecule is O=C(Cc1cccs1)NC1CCCCC1Br. The Morgan fingerprint density at radius 2 is 2.31 bits per heavy atom. The molecule has 0 saturated heterocycles. The fraction of sp³-hybridized carbons (Fsp3) is 0.583. The Morgan fingerprint density at radius 3 is 3.00 bits per heavy atom. The van der Waals surface area contributed by atoms with E-state index >= 15 is 0 Å². The molecule has 2 atom stereocenters. The van der Waals surface area contributed by atoms with Crippen LogP contribution in [0, 0.1) is 0 Å². The number of alkyl halides is 1. The number of hydrogen-bond acceptors (Lipinski definition) is 2. The van der Waals surface area contributed by atoms with E-state index in [9.17, 15) is 4.79 Å². The summed E-state index contributed by atoms with van der Waals surface area (Å²) in [5.41, 5.74) is 0. The van der Waals surface area contributed by atoms with E-state index in [-0.39, 0.29) is 5.91 Å². The van der Waals surface area contributed by atoms with Crippen molar-refractivity contribution in [1.29, 1.82) is 0 Å². The van der Waals surface area contributed by atoms with Crippen LogP contribution in [0.15, 0.2) is 17.5 Å². The van der Waals surface area contributed by atoms with Gasteiger partial charge in [-0.05, 0) is 24.3 Å². The predicted octanol–water partition coefficient (Wildman–Crippen LogP) is 3.11. The van der Waals surface area contributed by atoms with Gasteiger partial charge in [0.15, 0.2) is 0 Å². The van der Waals surface area contributed by atoms with Gasteiger partial charge in [-0.2, -0.15) is 0 Å². The van der Waals surface area contributed by atoms with Crippen LogP contribution in [0.1, 0.15) is 30.6 Å². The minimum atomic E-state index is 0.152. The van der Waals surface area contributed by atoms with Crippen molar-refractivity contribution in [2.45, 2.75) is 43.0 Å². The summed E-state index contributed by atoms with van der Waals surface area (Å²) in [4.78, 5) is 13.4. The van der Waals surface area contributed by atoms with Gasteiger partial charge in [-0.15, -0.1) is 11.3 Å². The van der Waals surface area contributed by atoms with E-state index in [2.05, 4.69) is 21.2 Å². The summed E-state index contributed by atoms with van der Waals surface area (Å²) in [6, 6.07) is 4.32. The lowest BCUT2D eigenvalue weighted by molar-refractivity contribution is -0.121. The lowest BCUT2D eigenvalue weighted by Crippen LogP contribution is -2.43. The molecular weight excluding hydrogens is 286 g/mol. The molecule has 1 heterocycles. The maximum Gasteiger partial charge on any atom is 0.225 e. The largest absolute Gasteiger partial charge is 0.352 e. The van der Waals surface area contributed by atoms with Crippen molar-refractivity contribution in [2.24, 2.45) is 0 Å². The van der Waals surface area contributed by atoms with E-state index < -0.39 is 0 Å². The second-order valence-corrected chi connectivity index (χ2v) is 6.44. The van der Waals surface area contributed by atoms with E-state index in [1.54, 1.807) is 11.3 Å². The molecule has 1 saturated carbocycles. The molecular formula is C12H16BrNOS. The van der Waals surface area contributed by atoms with Gasteiger partial charge in [-0.3, -0.25) is 4.79 Å². The van der Waals surface area contributed by atoms with Crippen molar-refractivity contribution in [3.8, 4) is 0 Å². The fourth-order valence-corrected chi connectivity index (χ4v) is 3.50. The average Bonchev–Trinajstić information content (AvgIpc) is 2.74. The highest BCUT2D eigenvalue weighted by Gasteiger charge is 2.24. The van der Waals surface area contributed by atoms with Crippen molar-refractivity contribution >= 4 is 33.2 Å². The minimum absolute atomic E-state index is 0.152. The summed E-state index contributed by atoms with van der Waals surface area (Å²) < 4.78 is 0. The molecule has 1 aromatic rings. The van der Waals surface area contributed by atoms with Gasteiger partial charge in [0.05, 0.1) is 6.42 Å². The number of thiophene rings is 1. The van der Waals surface area contributed by atoms with Crippen molar-refractivity contribution in [2.75, 3.05) is 0 Å². The number of hydrogen-bond donors (Lipinski definition) is 1. The Kier molecular flexibility index (Phi) is 4.41. The third kappa shape index (κ3) is 3.32. The first kappa shape index (κ1) is 12.1. The average molecular weight is 302 g/mol. The Bertz CT molecular complexity index is 339. The lowest BCUT2D eigenvalue weighted by atomic mass is 9.95. The number of halogens is 1. The van der Waals surface area contributed by atoms with Gasteiger partial charge in [0.1, 0.15) is 0 Å². The number of nitrogens with one attached hydrogen (secondary N) is 1. The lowest BCUT2D eigenvalue weighted by Gasteiger charge is -2.28. The number of amides is 1. The zero-order chi connectivity index (χ0) is 11.4. The fourth-order valence-electron chi connectivity index (χ4n) is 2.08. The molecule has 0 spiro atoms. The maximum absolute atomic E-state index is 11.8. The molecule has 0 aromatic carbocycles. The molecule has 2 unspecified atom stereocenters. The van der Waals surface area contributed by atoms with E-state index in [0.717, 1.165) is 11.3 Å². The number of carbonyl (C=O) groups is 1. The smallest absolute Gasteiger partial charge is 0.225 e. The Morgan fingerprint density at radius 1 is 1.50 bits per heavy atom. The van der Waals surface area contributed by atoms with Crippen molar-refractivity contribution in [3.63, 3.8) is 0 Å². The summed E-state index contributed by atoms with van der Waals surface area (Å²) in [5, 5.41) is 5.14. The molecule has 0 aliphatic heterocycles. The Balaban J connectivity index is 1.82. The maximum atomic E-state index is 11.8. The van der Waals surface area contributed by atoms with Crippen LogP contribution in [-0.4, -0.2) is 16.8 Å². The molecule has 1 aliphatic rings. The van der Waals surface area contributed by atoms with Crippen LogP contribution < -0.4 is 5.32 Å². The van der Waals surface area contributed by atoms with Crippen molar-refractivity contribution in [1.82, 2.24) is 5.32 Å². The summed E-state index contributed by atoms with van der Waals surface area (Å²) in [5.74, 6) is 0.152. The van der Waals surface area contributed by atoms with Gasteiger partial charge in [-0.25, -0.2) is 0 Å². The summed E-state index contributed by atoms with van der Waals surface area (Å²) in [6.45, 7) is 0. The molecule has 0 bridgehead atoms. The van der Waals surface area contributed by atoms with Crippen LogP contribution >= 0.6 is 27.3 Å². The third-order valence-electron chi connectivity index (χ3n) is 2.94. The molecule has 1 amide bonds. The van der Waals surface area contributed by atoms with Crippen LogP contribution in [0.4, 0.5) is 0 Å². The Hall–Kier alpha value is -0.350. The van der Waals surface area contributed by atoms with Crippen LogP contribution in [0.3, 0.4) is 0 Å². The summed E-state index contributed by atoms with van der Waals surface area (Å²) in [7, 11) is 0. The highest BCUT2D eigenvalue weighted by Crippen LogP contribution is 2.24. The Labute approximate surface area is 109 Å². The molecule has 0 radical (unpaired) electrons. The first-order valence-corrected chi connectivity index (χ1v) is 7.51. The van der Waals surface area contributed by atoms with Crippen molar-refractivity contribution < 1.29 is 4.79 Å². The number of carbonyl (C=O) groups excluding carboxylic acids is 1. The van der Waals surface area contributed by atoms with Crippen LogP contribution in [0.2, 0.25) is 0 Å². The first-order chi connectivity index (χ1) is 7.75. The second-order valence-electron chi connectivity index (χ2n) is 4.23. The van der Waals surface area contributed by atoms with Crippen LogP contribution in [0.5, 0.6) is 0 Å². The molecule has 16 heavy (non-hydrogen) atoms. The summed E-state index contributed by atoms with van der Waals surface area (Å²) >= 11 is 5.29. The van der Waals surface area contributed by atoms with Gasteiger partial charge in [0, 0.05) is 15.7 Å². The molecule has 2 nitrogen and oxygen atoms in total. The van der Waals surface area contributed by atoms with E-state index in [0.29, 0.717) is 17.3 Å². The van der Waals surface area contributed by atoms with Crippen LogP contribution in [-0.2, 0) is 11.2 Å². The third-order valence-corrected chi connectivity index (χ3v) is 4.92. The molecule has 2 rings (SSSR count). The molecule has 1 fully saturated rings. The standard InChI is InChI=1S/C12H16BrNOS/c13-10-5-1-2-6-11(10)14-12(15)8-9-4-3-7-16-9/h3-4,7,10-11H,1-2,5-6,8H2,(H,14,15). The highest BCUT2D eigenvalue weighted by atomic mass is 79.9. The van der Waals surface area contributed by atoms with Crippen molar-refractivity contribution in [3.05, 3.63) is 22.4 Å². The van der Waals surface area contributed by atoms with Gasteiger partial charge in [-0.1, -0.05) is 34.8 Å². The van der Waals surface area contributed by atoms with E-state index in [4.69, 9.17) is 0 Å². The number of rotatable bonds is 3. The molecule has 4 heteroatoms. The monoisotopic (exact) mass is 301 g/mol. The van der Waals surface area contributed by atoms with Gasteiger partial charge >= 0.3 is 0 Å². The molecule has 88 valence electrons. The summed E-state index contributed by atoms with van der Waals surface area (Å²) in [6.07, 6.45) is 5.29. The van der Waals surface area contributed by atoms with E-state index in [1.165, 1.54) is 19.3 Å². The van der Waals surface area contributed by atoms with Gasteiger partial charge < -0.3 is 5.32 Å². The normalized spacial score (nSPS) is 25.3. The van der Waals surface area contributed by atoms with Gasteiger partial charge in [0.25, 0.3) is 0 Å². The highest BCUT2D eigenvalue weighted by molar-refractivity contribution is 9.09. The molecule has 1 aromatic heterocycles. The van der Waals surface area contributed by atoms with Gasteiger partial charge in [0.2, 0.25) is 5.91 Å². The zero-order valence-corrected chi connectivity index (χ0v) is 11.5. The first-order valence-electron chi connectivity index (χ1n) is 5.71. The minimum Gasteiger partial charge on any atom is -0.352 e. The van der Waals surface area contributed by atoms with E-state index in [1.807, 2.05) is 17.5 Å².